The summed E-state index contributed by atoms with van der Waals surface area (Å²) in [4.78, 5) is 11.5. The van der Waals surface area contributed by atoms with E-state index < -0.39 is 0 Å². The summed E-state index contributed by atoms with van der Waals surface area (Å²) in [6, 6.07) is -0.189. The zero-order valence-electron chi connectivity index (χ0n) is 11.1. The number of nitrogens with one attached hydrogen (secondary N) is 2. The number of rotatable bonds is 3. The van der Waals surface area contributed by atoms with Crippen molar-refractivity contribution < 1.29 is 9.53 Å². The standard InChI is InChI=1S/C12H25N3O2/c1-12(2,3)15-11(16)14-7-10(13)9-5-4-6-17-8-9/h9-10H,4-8,13H2,1-3H3,(H2,14,15,16). The Labute approximate surface area is 103 Å². The fraction of sp³-hybridized carbons (Fsp3) is 0.917. The summed E-state index contributed by atoms with van der Waals surface area (Å²) in [6.07, 6.45) is 2.15. The van der Waals surface area contributed by atoms with E-state index in [1.54, 1.807) is 0 Å². The number of urea groups is 1. The fourth-order valence-corrected chi connectivity index (χ4v) is 1.87. The lowest BCUT2D eigenvalue weighted by Crippen LogP contribution is -2.51. The van der Waals surface area contributed by atoms with Gasteiger partial charge in [-0.2, -0.15) is 0 Å². The lowest BCUT2D eigenvalue weighted by Gasteiger charge is -2.28. The summed E-state index contributed by atoms with van der Waals surface area (Å²) in [7, 11) is 0. The Morgan fingerprint density at radius 1 is 1.53 bits per heavy atom. The number of carbonyl (C=O) groups is 1. The summed E-state index contributed by atoms with van der Waals surface area (Å²) in [5, 5.41) is 5.65. The molecule has 2 atom stereocenters. The average Bonchev–Trinajstić information content (AvgIpc) is 2.25. The second-order valence-corrected chi connectivity index (χ2v) is 5.73. The van der Waals surface area contributed by atoms with Crippen LogP contribution in [0.25, 0.3) is 0 Å². The number of hydrogen-bond acceptors (Lipinski definition) is 3. The molecule has 0 aromatic rings. The third-order valence-electron chi connectivity index (χ3n) is 2.79. The maximum absolute atomic E-state index is 11.5. The van der Waals surface area contributed by atoms with E-state index >= 15 is 0 Å². The van der Waals surface area contributed by atoms with E-state index in [4.69, 9.17) is 10.5 Å². The minimum absolute atomic E-state index is 0.0268. The smallest absolute Gasteiger partial charge is 0.315 e. The third kappa shape index (κ3) is 5.89. The van der Waals surface area contributed by atoms with E-state index in [9.17, 15) is 4.79 Å². The second-order valence-electron chi connectivity index (χ2n) is 5.73. The highest BCUT2D eigenvalue weighted by atomic mass is 16.5. The van der Waals surface area contributed by atoms with Crippen molar-refractivity contribution in [3.05, 3.63) is 0 Å². The maximum Gasteiger partial charge on any atom is 0.315 e. The predicted octanol–water partition coefficient (Wildman–Crippen LogP) is 0.838. The highest BCUT2D eigenvalue weighted by Crippen LogP contribution is 2.15. The number of carbonyl (C=O) groups excluding carboxylic acids is 1. The lowest BCUT2D eigenvalue weighted by molar-refractivity contribution is 0.0452. The average molecular weight is 243 g/mol. The Morgan fingerprint density at radius 2 is 2.24 bits per heavy atom. The molecule has 0 aromatic carbocycles. The topological polar surface area (TPSA) is 76.4 Å². The molecule has 1 rings (SSSR count). The Bertz CT molecular complexity index is 245. The van der Waals surface area contributed by atoms with E-state index in [0.717, 1.165) is 19.4 Å². The van der Waals surface area contributed by atoms with Crippen molar-refractivity contribution >= 4 is 6.03 Å². The van der Waals surface area contributed by atoms with E-state index in [-0.39, 0.29) is 17.6 Å². The highest BCUT2D eigenvalue weighted by Gasteiger charge is 2.22. The van der Waals surface area contributed by atoms with Gasteiger partial charge in [-0.1, -0.05) is 0 Å². The Kier molecular flexibility index (Phi) is 5.21. The van der Waals surface area contributed by atoms with Crippen LogP contribution in [-0.2, 0) is 4.74 Å². The molecule has 2 amide bonds. The molecule has 5 nitrogen and oxygen atoms in total. The monoisotopic (exact) mass is 243 g/mol. The molecule has 0 bridgehead atoms. The van der Waals surface area contributed by atoms with Crippen molar-refractivity contribution in [2.75, 3.05) is 19.8 Å². The summed E-state index contributed by atoms with van der Waals surface area (Å²) in [5.41, 5.74) is 5.82. The third-order valence-corrected chi connectivity index (χ3v) is 2.79. The molecule has 1 heterocycles. The second kappa shape index (κ2) is 6.21. The van der Waals surface area contributed by atoms with Crippen LogP contribution in [0.1, 0.15) is 33.6 Å². The molecule has 0 aromatic heterocycles. The summed E-state index contributed by atoms with van der Waals surface area (Å²) in [5.74, 6) is 0.360. The zero-order chi connectivity index (χ0) is 12.9. The van der Waals surface area contributed by atoms with Crippen LogP contribution in [0.4, 0.5) is 4.79 Å². The van der Waals surface area contributed by atoms with Crippen LogP contribution in [0.3, 0.4) is 0 Å². The first-order valence-corrected chi connectivity index (χ1v) is 6.28. The van der Waals surface area contributed by atoms with E-state index in [2.05, 4.69) is 10.6 Å². The number of nitrogens with two attached hydrogens (primary N) is 1. The van der Waals surface area contributed by atoms with Gasteiger partial charge in [0.15, 0.2) is 0 Å². The van der Waals surface area contributed by atoms with Crippen molar-refractivity contribution in [3.63, 3.8) is 0 Å². The minimum atomic E-state index is -0.220. The van der Waals surface area contributed by atoms with Crippen LogP contribution in [0.2, 0.25) is 0 Å². The van der Waals surface area contributed by atoms with Gasteiger partial charge in [0.1, 0.15) is 0 Å². The lowest BCUT2D eigenvalue weighted by atomic mass is 9.94. The molecule has 2 unspecified atom stereocenters. The molecule has 5 heteroatoms. The summed E-state index contributed by atoms with van der Waals surface area (Å²) >= 11 is 0. The minimum Gasteiger partial charge on any atom is -0.381 e. The van der Waals surface area contributed by atoms with Crippen LogP contribution >= 0.6 is 0 Å². The molecule has 0 saturated carbocycles. The Balaban J connectivity index is 2.22. The molecule has 0 aliphatic carbocycles. The quantitative estimate of drug-likeness (QED) is 0.687. The highest BCUT2D eigenvalue weighted by molar-refractivity contribution is 5.74. The van der Waals surface area contributed by atoms with Gasteiger partial charge in [0.25, 0.3) is 0 Å². The molecule has 1 fully saturated rings. The largest absolute Gasteiger partial charge is 0.381 e. The van der Waals surface area contributed by atoms with E-state index in [1.807, 2.05) is 20.8 Å². The first-order chi connectivity index (χ1) is 7.88. The van der Waals surface area contributed by atoms with Crippen LogP contribution in [0.5, 0.6) is 0 Å². The Hall–Kier alpha value is -0.810. The van der Waals surface area contributed by atoms with Gasteiger partial charge >= 0.3 is 6.03 Å². The van der Waals surface area contributed by atoms with Crippen molar-refractivity contribution in [3.8, 4) is 0 Å². The van der Waals surface area contributed by atoms with Gasteiger partial charge < -0.3 is 21.1 Å². The van der Waals surface area contributed by atoms with Gasteiger partial charge in [0.05, 0.1) is 6.61 Å². The fourth-order valence-electron chi connectivity index (χ4n) is 1.87. The molecule has 0 spiro atoms. The molecule has 0 radical (unpaired) electrons. The van der Waals surface area contributed by atoms with Crippen LogP contribution < -0.4 is 16.4 Å². The van der Waals surface area contributed by atoms with Gasteiger partial charge in [0.2, 0.25) is 0 Å². The van der Waals surface area contributed by atoms with Crippen LogP contribution in [0, 0.1) is 5.92 Å². The van der Waals surface area contributed by atoms with Gasteiger partial charge in [0, 0.05) is 24.7 Å². The van der Waals surface area contributed by atoms with Gasteiger partial charge in [-0.15, -0.1) is 0 Å². The molecular formula is C12H25N3O2. The van der Waals surface area contributed by atoms with Crippen LogP contribution in [-0.4, -0.2) is 37.4 Å². The maximum atomic E-state index is 11.5. The van der Waals surface area contributed by atoms with Gasteiger partial charge in [-0.05, 0) is 39.5 Å². The molecule has 100 valence electrons. The summed E-state index contributed by atoms with van der Waals surface area (Å²) in [6.45, 7) is 7.88. The molecule has 4 N–H and O–H groups in total. The number of hydrogen-bond donors (Lipinski definition) is 3. The molecule has 17 heavy (non-hydrogen) atoms. The van der Waals surface area contributed by atoms with Gasteiger partial charge in [-0.25, -0.2) is 4.79 Å². The Morgan fingerprint density at radius 3 is 2.76 bits per heavy atom. The predicted molar refractivity (Wildman–Crippen MR) is 67.8 cm³/mol. The first-order valence-electron chi connectivity index (χ1n) is 6.28. The normalized spacial score (nSPS) is 22.9. The summed E-state index contributed by atoms with van der Waals surface area (Å²) < 4.78 is 5.38. The van der Waals surface area contributed by atoms with Gasteiger partial charge in [-0.3, -0.25) is 0 Å². The number of ether oxygens (including phenoxy) is 1. The van der Waals surface area contributed by atoms with E-state index in [1.165, 1.54) is 0 Å². The van der Waals surface area contributed by atoms with E-state index in [0.29, 0.717) is 19.1 Å². The zero-order valence-corrected chi connectivity index (χ0v) is 11.1. The van der Waals surface area contributed by atoms with Crippen molar-refractivity contribution in [2.45, 2.75) is 45.2 Å². The van der Waals surface area contributed by atoms with Crippen LogP contribution in [0.15, 0.2) is 0 Å². The molecular weight excluding hydrogens is 218 g/mol. The first kappa shape index (κ1) is 14.3. The molecule has 1 aliphatic heterocycles. The van der Waals surface area contributed by atoms with Crippen molar-refractivity contribution in [1.82, 2.24) is 10.6 Å². The van der Waals surface area contributed by atoms with Crippen molar-refractivity contribution in [1.29, 1.82) is 0 Å². The SMILES string of the molecule is CC(C)(C)NC(=O)NCC(N)C1CCCOC1. The van der Waals surface area contributed by atoms with Crippen molar-refractivity contribution in [2.24, 2.45) is 11.7 Å². The molecule has 1 saturated heterocycles. The molecule has 1 aliphatic rings. The number of amides is 2.